The highest BCUT2D eigenvalue weighted by Gasteiger charge is 2.14. The third-order valence-corrected chi connectivity index (χ3v) is 3.75. The second-order valence-electron chi connectivity index (χ2n) is 5.29. The van der Waals surface area contributed by atoms with Crippen LogP contribution in [-0.2, 0) is 6.54 Å². The molecule has 2 heterocycles. The van der Waals surface area contributed by atoms with E-state index in [0.717, 1.165) is 22.1 Å². The SMILES string of the molecule is O=C(NCc1ccc2c(c1)OCO2)c1cc2ccccc2cn1. The van der Waals surface area contributed by atoms with Crippen LogP contribution in [0.25, 0.3) is 10.8 Å². The van der Waals surface area contributed by atoms with Crippen molar-refractivity contribution in [3.8, 4) is 11.5 Å². The van der Waals surface area contributed by atoms with Gasteiger partial charge in [-0.2, -0.15) is 0 Å². The summed E-state index contributed by atoms with van der Waals surface area (Å²) in [4.78, 5) is 16.5. The lowest BCUT2D eigenvalue weighted by atomic mass is 10.1. The Morgan fingerprint density at radius 3 is 2.78 bits per heavy atom. The Kier molecular flexibility index (Phi) is 3.31. The normalized spacial score (nSPS) is 12.3. The van der Waals surface area contributed by atoms with Crippen molar-refractivity contribution in [1.82, 2.24) is 10.3 Å². The van der Waals surface area contributed by atoms with Gasteiger partial charge in [-0.15, -0.1) is 0 Å². The zero-order valence-electron chi connectivity index (χ0n) is 12.3. The van der Waals surface area contributed by atoms with Crippen LogP contribution in [0.4, 0.5) is 0 Å². The van der Waals surface area contributed by atoms with E-state index in [9.17, 15) is 4.79 Å². The van der Waals surface area contributed by atoms with Gasteiger partial charge in [-0.25, -0.2) is 0 Å². The lowest BCUT2D eigenvalue weighted by Crippen LogP contribution is -2.23. The molecule has 0 atom stereocenters. The van der Waals surface area contributed by atoms with Gasteiger partial charge in [0, 0.05) is 18.1 Å². The van der Waals surface area contributed by atoms with Crippen LogP contribution in [0.15, 0.2) is 54.7 Å². The number of pyridine rings is 1. The van der Waals surface area contributed by atoms with Gasteiger partial charge >= 0.3 is 0 Å². The van der Waals surface area contributed by atoms with E-state index in [1.54, 1.807) is 12.3 Å². The summed E-state index contributed by atoms with van der Waals surface area (Å²) in [5, 5.41) is 4.88. The molecule has 5 heteroatoms. The van der Waals surface area contributed by atoms with Crippen molar-refractivity contribution in [2.24, 2.45) is 0 Å². The van der Waals surface area contributed by atoms with Crippen LogP contribution in [0, 0.1) is 0 Å². The van der Waals surface area contributed by atoms with Crippen LogP contribution in [0.2, 0.25) is 0 Å². The summed E-state index contributed by atoms with van der Waals surface area (Å²) in [5.41, 5.74) is 1.35. The van der Waals surface area contributed by atoms with Crippen molar-refractivity contribution in [1.29, 1.82) is 0 Å². The molecule has 1 amide bonds. The number of fused-ring (bicyclic) bond motifs is 2. The zero-order valence-corrected chi connectivity index (χ0v) is 12.3. The van der Waals surface area contributed by atoms with Crippen molar-refractivity contribution < 1.29 is 14.3 Å². The van der Waals surface area contributed by atoms with Gasteiger partial charge in [0.05, 0.1) is 0 Å². The number of hydrogen-bond acceptors (Lipinski definition) is 4. The molecule has 0 unspecified atom stereocenters. The molecule has 114 valence electrons. The summed E-state index contributed by atoms with van der Waals surface area (Å²) in [7, 11) is 0. The minimum atomic E-state index is -0.201. The number of rotatable bonds is 3. The van der Waals surface area contributed by atoms with Gasteiger partial charge in [-0.3, -0.25) is 9.78 Å². The summed E-state index contributed by atoms with van der Waals surface area (Å²) in [6.45, 7) is 0.649. The molecule has 0 aliphatic carbocycles. The summed E-state index contributed by atoms with van der Waals surface area (Å²) >= 11 is 0. The molecular weight excluding hydrogens is 292 g/mol. The Hall–Kier alpha value is -3.08. The third kappa shape index (κ3) is 2.68. The van der Waals surface area contributed by atoms with Crippen molar-refractivity contribution in [2.45, 2.75) is 6.54 Å². The van der Waals surface area contributed by atoms with E-state index in [2.05, 4.69) is 10.3 Å². The van der Waals surface area contributed by atoms with Crippen LogP contribution >= 0.6 is 0 Å². The maximum absolute atomic E-state index is 12.3. The first kappa shape index (κ1) is 13.6. The lowest BCUT2D eigenvalue weighted by molar-refractivity contribution is 0.0946. The maximum Gasteiger partial charge on any atom is 0.270 e. The van der Waals surface area contributed by atoms with E-state index in [1.165, 1.54) is 0 Å². The van der Waals surface area contributed by atoms with E-state index in [-0.39, 0.29) is 12.7 Å². The standard InChI is InChI=1S/C18H14N2O3/c21-18(15-8-13-3-1-2-4-14(13)10-19-15)20-9-12-5-6-16-17(7-12)23-11-22-16/h1-8,10H,9,11H2,(H,20,21). The molecule has 0 spiro atoms. The van der Waals surface area contributed by atoms with Crippen LogP contribution in [0.3, 0.4) is 0 Å². The summed E-state index contributed by atoms with van der Waals surface area (Å²) < 4.78 is 10.6. The summed E-state index contributed by atoms with van der Waals surface area (Å²) in [5.74, 6) is 1.24. The molecule has 23 heavy (non-hydrogen) atoms. The molecule has 0 bridgehead atoms. The molecule has 1 aromatic heterocycles. The Morgan fingerprint density at radius 1 is 1.04 bits per heavy atom. The van der Waals surface area contributed by atoms with Crippen LogP contribution in [-0.4, -0.2) is 17.7 Å². The Balaban J connectivity index is 1.48. The van der Waals surface area contributed by atoms with Crippen LogP contribution in [0.5, 0.6) is 11.5 Å². The number of ether oxygens (including phenoxy) is 2. The van der Waals surface area contributed by atoms with E-state index >= 15 is 0 Å². The smallest absolute Gasteiger partial charge is 0.270 e. The van der Waals surface area contributed by atoms with Gasteiger partial charge in [0.15, 0.2) is 11.5 Å². The molecule has 1 N–H and O–H groups in total. The molecule has 3 aromatic rings. The van der Waals surface area contributed by atoms with Crippen molar-refractivity contribution in [2.75, 3.05) is 6.79 Å². The van der Waals surface area contributed by atoms with Crippen molar-refractivity contribution in [3.63, 3.8) is 0 Å². The number of hydrogen-bond donors (Lipinski definition) is 1. The minimum absolute atomic E-state index is 0.201. The first-order valence-electron chi connectivity index (χ1n) is 7.31. The topological polar surface area (TPSA) is 60.5 Å². The van der Waals surface area contributed by atoms with Crippen molar-refractivity contribution >= 4 is 16.7 Å². The average Bonchev–Trinajstić information content (AvgIpc) is 3.07. The van der Waals surface area contributed by atoms with E-state index in [4.69, 9.17) is 9.47 Å². The number of amides is 1. The van der Waals surface area contributed by atoms with Crippen LogP contribution < -0.4 is 14.8 Å². The predicted molar refractivity (Wildman–Crippen MR) is 85.5 cm³/mol. The van der Waals surface area contributed by atoms with Gasteiger partial charge < -0.3 is 14.8 Å². The monoisotopic (exact) mass is 306 g/mol. The molecular formula is C18H14N2O3. The molecule has 5 nitrogen and oxygen atoms in total. The van der Waals surface area contributed by atoms with Crippen molar-refractivity contribution in [3.05, 3.63) is 66.0 Å². The first-order chi connectivity index (χ1) is 11.3. The van der Waals surface area contributed by atoms with E-state index in [0.29, 0.717) is 18.0 Å². The molecule has 4 rings (SSSR count). The molecule has 0 radical (unpaired) electrons. The number of benzene rings is 2. The fraction of sp³-hybridized carbons (Fsp3) is 0.111. The molecule has 2 aromatic carbocycles. The second-order valence-corrected chi connectivity index (χ2v) is 5.29. The fourth-order valence-corrected chi connectivity index (χ4v) is 2.53. The Labute approximate surface area is 132 Å². The number of nitrogens with zero attached hydrogens (tertiary/aromatic N) is 1. The van der Waals surface area contributed by atoms with Gasteiger partial charge in [-0.1, -0.05) is 30.3 Å². The highest BCUT2D eigenvalue weighted by Crippen LogP contribution is 2.32. The average molecular weight is 306 g/mol. The number of nitrogens with one attached hydrogen (secondary N) is 1. The lowest BCUT2D eigenvalue weighted by Gasteiger charge is -2.06. The molecule has 1 aliphatic rings. The molecule has 1 aliphatic heterocycles. The van der Waals surface area contributed by atoms with Gasteiger partial charge in [-0.05, 0) is 29.1 Å². The third-order valence-electron chi connectivity index (χ3n) is 3.75. The largest absolute Gasteiger partial charge is 0.454 e. The fourth-order valence-electron chi connectivity index (χ4n) is 2.53. The van der Waals surface area contributed by atoms with Gasteiger partial charge in [0.1, 0.15) is 5.69 Å². The molecule has 0 saturated carbocycles. The Morgan fingerprint density at radius 2 is 1.87 bits per heavy atom. The predicted octanol–water partition coefficient (Wildman–Crippen LogP) is 2.89. The zero-order chi connectivity index (χ0) is 15.6. The second kappa shape index (κ2) is 5.61. The van der Waals surface area contributed by atoms with E-state index < -0.39 is 0 Å². The Bertz CT molecular complexity index is 892. The number of carbonyl (C=O) groups is 1. The number of aromatic nitrogens is 1. The highest BCUT2D eigenvalue weighted by molar-refractivity contribution is 5.96. The van der Waals surface area contributed by atoms with E-state index in [1.807, 2.05) is 42.5 Å². The summed E-state index contributed by atoms with van der Waals surface area (Å²) in [6, 6.07) is 15.2. The molecule has 0 saturated heterocycles. The van der Waals surface area contributed by atoms with Gasteiger partial charge in [0.2, 0.25) is 6.79 Å². The number of carbonyl (C=O) groups excluding carboxylic acids is 1. The first-order valence-corrected chi connectivity index (χ1v) is 7.31. The molecule has 0 fully saturated rings. The highest BCUT2D eigenvalue weighted by atomic mass is 16.7. The summed E-state index contributed by atoms with van der Waals surface area (Å²) in [6.07, 6.45) is 1.71. The minimum Gasteiger partial charge on any atom is -0.454 e. The van der Waals surface area contributed by atoms with Crippen LogP contribution in [0.1, 0.15) is 16.1 Å². The maximum atomic E-state index is 12.3. The quantitative estimate of drug-likeness (QED) is 0.808. The van der Waals surface area contributed by atoms with Gasteiger partial charge in [0.25, 0.3) is 5.91 Å².